The number of hydrogen-bond donors (Lipinski definition) is 0. The van der Waals surface area contributed by atoms with E-state index in [1.165, 1.54) is 0 Å². The monoisotopic (exact) mass is 355 g/mol. The van der Waals surface area contributed by atoms with Crippen LogP contribution in [-0.2, 0) is 9.47 Å². The van der Waals surface area contributed by atoms with Gasteiger partial charge in [0.2, 0.25) is 0 Å². The van der Waals surface area contributed by atoms with E-state index < -0.39 is 40.7 Å². The van der Waals surface area contributed by atoms with E-state index >= 15 is 0 Å². The minimum absolute atomic E-state index is 0.202. The first-order valence-electron chi connectivity index (χ1n) is 7.63. The van der Waals surface area contributed by atoms with Gasteiger partial charge < -0.3 is 9.47 Å². The summed E-state index contributed by atoms with van der Waals surface area (Å²) in [7, 11) is 0. The van der Waals surface area contributed by atoms with Gasteiger partial charge in [-0.25, -0.2) is 18.4 Å². The van der Waals surface area contributed by atoms with E-state index in [0.717, 1.165) is 18.2 Å². The largest absolute Gasteiger partial charge is 0.443 e. The van der Waals surface area contributed by atoms with Gasteiger partial charge in [0.25, 0.3) is 0 Å². The summed E-state index contributed by atoms with van der Waals surface area (Å²) in [6, 6.07) is 1.62. The normalized spacial score (nSPS) is 11.7. The van der Waals surface area contributed by atoms with Crippen molar-refractivity contribution in [3.63, 3.8) is 0 Å². The molecular formula is C18H23F2NO4. The zero-order valence-electron chi connectivity index (χ0n) is 15.3. The first-order valence-corrected chi connectivity index (χ1v) is 7.63. The van der Waals surface area contributed by atoms with Crippen LogP contribution < -0.4 is 4.90 Å². The number of anilines is 1. The fraction of sp³-hybridized carbons (Fsp3) is 0.444. The molecule has 0 unspecified atom stereocenters. The molecule has 0 radical (unpaired) electrons. The number of ether oxygens (including phenoxy) is 2. The van der Waals surface area contributed by atoms with Crippen molar-refractivity contribution in [1.29, 1.82) is 0 Å². The Balaban J connectivity index is 3.46. The maximum atomic E-state index is 14.6. The van der Waals surface area contributed by atoms with Gasteiger partial charge >= 0.3 is 12.2 Å². The highest BCUT2D eigenvalue weighted by atomic mass is 19.1. The van der Waals surface area contributed by atoms with Crippen molar-refractivity contribution >= 4 is 23.9 Å². The van der Waals surface area contributed by atoms with Crippen molar-refractivity contribution in [2.75, 3.05) is 4.90 Å². The van der Waals surface area contributed by atoms with Crippen LogP contribution in [0.4, 0.5) is 24.1 Å². The number of nitrogens with zero attached hydrogens (tertiary/aromatic N) is 1. The van der Waals surface area contributed by atoms with Crippen LogP contribution in [0.3, 0.4) is 0 Å². The second-order valence-electron chi connectivity index (χ2n) is 7.33. The first-order chi connectivity index (χ1) is 11.2. The topological polar surface area (TPSA) is 55.8 Å². The Hall–Kier alpha value is -2.44. The lowest BCUT2D eigenvalue weighted by Crippen LogP contribution is -2.44. The molecule has 25 heavy (non-hydrogen) atoms. The maximum absolute atomic E-state index is 14.6. The van der Waals surface area contributed by atoms with Crippen LogP contribution in [-0.4, -0.2) is 23.4 Å². The van der Waals surface area contributed by atoms with Crippen molar-refractivity contribution in [2.45, 2.75) is 52.7 Å². The van der Waals surface area contributed by atoms with E-state index in [4.69, 9.17) is 9.47 Å². The van der Waals surface area contributed by atoms with Gasteiger partial charge in [0.1, 0.15) is 17.0 Å². The molecule has 0 aliphatic rings. The fourth-order valence-electron chi connectivity index (χ4n) is 1.79. The predicted molar refractivity (Wildman–Crippen MR) is 91.4 cm³/mol. The van der Waals surface area contributed by atoms with Crippen molar-refractivity contribution in [1.82, 2.24) is 0 Å². The number of imide groups is 1. The van der Waals surface area contributed by atoms with E-state index in [9.17, 15) is 18.4 Å². The van der Waals surface area contributed by atoms with Crippen LogP contribution in [0, 0.1) is 11.6 Å². The first kappa shape index (κ1) is 20.6. The lowest BCUT2D eigenvalue weighted by molar-refractivity contribution is 0.0429. The Morgan fingerprint density at radius 1 is 1.00 bits per heavy atom. The lowest BCUT2D eigenvalue weighted by atomic mass is 10.1. The van der Waals surface area contributed by atoms with Crippen LogP contribution in [0.5, 0.6) is 0 Å². The number of halogens is 2. The van der Waals surface area contributed by atoms with Crippen molar-refractivity contribution in [3.05, 3.63) is 35.9 Å². The molecule has 0 N–H and O–H groups in total. The summed E-state index contributed by atoms with van der Waals surface area (Å²) in [5, 5.41) is 0. The van der Waals surface area contributed by atoms with Crippen LogP contribution in [0.25, 0.3) is 6.08 Å². The molecule has 2 amide bonds. The molecule has 0 bridgehead atoms. The number of rotatable bonds is 2. The van der Waals surface area contributed by atoms with E-state index in [0.29, 0.717) is 4.90 Å². The third-order valence-corrected chi connectivity index (χ3v) is 2.66. The molecule has 0 aliphatic carbocycles. The van der Waals surface area contributed by atoms with Gasteiger partial charge in [0, 0.05) is 11.6 Å². The zero-order valence-corrected chi connectivity index (χ0v) is 15.3. The van der Waals surface area contributed by atoms with E-state index in [-0.39, 0.29) is 5.56 Å². The van der Waals surface area contributed by atoms with Gasteiger partial charge in [-0.05, 0) is 47.6 Å². The molecule has 0 fully saturated rings. The van der Waals surface area contributed by atoms with Gasteiger partial charge in [-0.3, -0.25) is 0 Å². The molecular weight excluding hydrogens is 332 g/mol. The van der Waals surface area contributed by atoms with E-state index in [1.54, 1.807) is 41.5 Å². The SMILES string of the molecule is C=Cc1cc(F)cc(N(C(=O)OC(C)(C)C)C(=O)OC(C)(C)C)c1F. The van der Waals surface area contributed by atoms with E-state index in [1.807, 2.05) is 0 Å². The van der Waals surface area contributed by atoms with Crippen LogP contribution in [0.15, 0.2) is 18.7 Å². The molecule has 138 valence electrons. The summed E-state index contributed by atoms with van der Waals surface area (Å²) in [5.41, 5.74) is -2.73. The Morgan fingerprint density at radius 3 is 1.80 bits per heavy atom. The summed E-state index contributed by atoms with van der Waals surface area (Å²) >= 11 is 0. The summed E-state index contributed by atoms with van der Waals surface area (Å²) < 4.78 is 38.7. The molecule has 0 saturated heterocycles. The third kappa shape index (κ3) is 5.85. The third-order valence-electron chi connectivity index (χ3n) is 2.66. The van der Waals surface area contributed by atoms with Gasteiger partial charge in [-0.15, -0.1) is 0 Å². The number of carbonyl (C=O) groups is 2. The van der Waals surface area contributed by atoms with Crippen molar-refractivity contribution in [3.8, 4) is 0 Å². The molecule has 0 atom stereocenters. The molecule has 1 aromatic rings. The summed E-state index contributed by atoms with van der Waals surface area (Å²) in [6.45, 7) is 12.9. The molecule has 0 aliphatic heterocycles. The standard InChI is InChI=1S/C18H23F2NO4/c1-8-11-9-12(19)10-13(14(11)20)21(15(22)24-17(2,3)4)16(23)25-18(5,6)7/h8-10H,1H2,2-7H3. The number of benzene rings is 1. The Morgan fingerprint density at radius 2 is 1.44 bits per heavy atom. The predicted octanol–water partition coefficient (Wildman–Crippen LogP) is 5.28. The van der Waals surface area contributed by atoms with Gasteiger partial charge in [0.15, 0.2) is 5.82 Å². The minimum Gasteiger partial charge on any atom is -0.443 e. The Labute approximate surface area is 146 Å². The van der Waals surface area contributed by atoms with Crippen molar-refractivity contribution < 1.29 is 27.8 Å². The number of carbonyl (C=O) groups excluding carboxylic acids is 2. The second kappa shape index (κ2) is 7.21. The Kier molecular flexibility index (Phi) is 5.94. The molecule has 7 heteroatoms. The molecule has 0 spiro atoms. The van der Waals surface area contributed by atoms with Crippen LogP contribution in [0.2, 0.25) is 0 Å². The average molecular weight is 355 g/mol. The van der Waals surface area contributed by atoms with Crippen LogP contribution >= 0.6 is 0 Å². The van der Waals surface area contributed by atoms with Gasteiger partial charge in [-0.2, -0.15) is 4.90 Å². The van der Waals surface area contributed by atoms with Gasteiger partial charge in [-0.1, -0.05) is 12.7 Å². The fourth-order valence-corrected chi connectivity index (χ4v) is 1.79. The summed E-state index contributed by atoms with van der Waals surface area (Å²) in [6.07, 6.45) is -1.29. The highest BCUT2D eigenvalue weighted by Gasteiger charge is 2.35. The molecule has 1 aromatic carbocycles. The number of hydrogen-bond acceptors (Lipinski definition) is 4. The Bertz CT molecular complexity index is 660. The smallest absolute Gasteiger partial charge is 0.424 e. The number of amides is 2. The second-order valence-corrected chi connectivity index (χ2v) is 7.33. The minimum atomic E-state index is -1.18. The van der Waals surface area contributed by atoms with E-state index in [2.05, 4.69) is 6.58 Å². The van der Waals surface area contributed by atoms with Crippen LogP contribution in [0.1, 0.15) is 47.1 Å². The highest BCUT2D eigenvalue weighted by molar-refractivity contribution is 6.09. The maximum Gasteiger partial charge on any atom is 0.424 e. The zero-order chi connectivity index (χ0) is 19.6. The highest BCUT2D eigenvalue weighted by Crippen LogP contribution is 2.28. The summed E-state index contributed by atoms with van der Waals surface area (Å²) in [5.74, 6) is -1.84. The summed E-state index contributed by atoms with van der Waals surface area (Å²) in [4.78, 5) is 25.2. The molecule has 0 aromatic heterocycles. The lowest BCUT2D eigenvalue weighted by Gasteiger charge is -2.29. The molecule has 0 heterocycles. The molecule has 5 nitrogen and oxygen atoms in total. The molecule has 1 rings (SSSR count). The quantitative estimate of drug-likeness (QED) is 0.724. The van der Waals surface area contributed by atoms with Gasteiger partial charge in [0.05, 0.1) is 5.69 Å². The molecule has 0 saturated carbocycles. The average Bonchev–Trinajstić information content (AvgIpc) is 2.38. The van der Waals surface area contributed by atoms with Crippen molar-refractivity contribution in [2.24, 2.45) is 0 Å².